The molecule has 0 aromatic heterocycles. The lowest BCUT2D eigenvalue weighted by molar-refractivity contribution is 0.0656. The van der Waals surface area contributed by atoms with Crippen molar-refractivity contribution in [3.05, 3.63) is 36.4 Å². The van der Waals surface area contributed by atoms with Crippen LogP contribution in [0.1, 0.15) is 5.56 Å². The van der Waals surface area contributed by atoms with E-state index in [1.807, 2.05) is 24.3 Å². The Kier molecular flexibility index (Phi) is 8.08. The lowest BCUT2D eigenvalue weighted by Crippen LogP contribution is -2.45. The molecule has 1 aromatic carbocycles. The Labute approximate surface area is 145 Å². The quantitative estimate of drug-likeness (QED) is 0.483. The number of likely N-dealkylation sites (N-methyl/N-ethyl adjacent to an activating group) is 1. The molecule has 0 amide bonds. The third-order valence-corrected chi connectivity index (χ3v) is 4.26. The van der Waals surface area contributed by atoms with E-state index in [2.05, 4.69) is 23.4 Å². The zero-order valence-corrected chi connectivity index (χ0v) is 15.0. The summed E-state index contributed by atoms with van der Waals surface area (Å²) in [5.74, 6) is 1.71. The van der Waals surface area contributed by atoms with Gasteiger partial charge in [-0.05, 0) is 31.7 Å². The van der Waals surface area contributed by atoms with E-state index in [-0.39, 0.29) is 0 Å². The van der Waals surface area contributed by atoms with Crippen LogP contribution in [0.4, 0.5) is 0 Å². The molecule has 1 saturated heterocycles. The fourth-order valence-corrected chi connectivity index (χ4v) is 2.72. The van der Waals surface area contributed by atoms with Crippen molar-refractivity contribution >= 4 is 0 Å². The van der Waals surface area contributed by atoms with E-state index in [0.717, 1.165) is 62.8 Å². The van der Waals surface area contributed by atoms with Gasteiger partial charge in [0.15, 0.2) is 0 Å². The van der Waals surface area contributed by atoms with Crippen LogP contribution in [0.15, 0.2) is 30.9 Å². The Morgan fingerprint density at radius 1 is 1.12 bits per heavy atom. The summed E-state index contributed by atoms with van der Waals surface area (Å²) in [5, 5.41) is 0. The molecule has 1 aliphatic rings. The number of allylic oxidation sites excluding steroid dienone is 1. The first-order chi connectivity index (χ1) is 11.7. The fraction of sp³-hybridized carbons (Fsp3) is 0.579. The molecule has 2 rings (SSSR count). The summed E-state index contributed by atoms with van der Waals surface area (Å²) in [6.45, 7) is 11.3. The van der Waals surface area contributed by atoms with Crippen molar-refractivity contribution < 1.29 is 14.2 Å². The van der Waals surface area contributed by atoms with E-state index in [4.69, 9.17) is 14.2 Å². The maximum Gasteiger partial charge on any atom is 0.123 e. The van der Waals surface area contributed by atoms with Crippen LogP contribution in [0, 0.1) is 0 Å². The maximum atomic E-state index is 5.85. The predicted octanol–water partition coefficient (Wildman–Crippen LogP) is 2.07. The van der Waals surface area contributed by atoms with E-state index >= 15 is 0 Å². The van der Waals surface area contributed by atoms with Crippen molar-refractivity contribution in [1.82, 2.24) is 9.80 Å². The molecule has 0 atom stereocenters. The van der Waals surface area contributed by atoms with Crippen LogP contribution < -0.4 is 9.47 Å². The fourth-order valence-electron chi connectivity index (χ4n) is 2.72. The summed E-state index contributed by atoms with van der Waals surface area (Å²) >= 11 is 0. The maximum absolute atomic E-state index is 5.85. The van der Waals surface area contributed by atoms with Gasteiger partial charge in [0.1, 0.15) is 18.1 Å². The highest BCUT2D eigenvalue weighted by molar-refractivity contribution is 5.41. The van der Waals surface area contributed by atoms with Gasteiger partial charge >= 0.3 is 0 Å². The van der Waals surface area contributed by atoms with E-state index in [9.17, 15) is 0 Å². The minimum atomic E-state index is 0.555. The number of hydrogen-bond acceptors (Lipinski definition) is 5. The molecule has 0 spiro atoms. The van der Waals surface area contributed by atoms with E-state index in [0.29, 0.717) is 13.2 Å². The summed E-state index contributed by atoms with van der Waals surface area (Å²) in [6, 6.07) is 5.85. The van der Waals surface area contributed by atoms with E-state index in [1.54, 1.807) is 7.11 Å². The molecule has 1 fully saturated rings. The first-order valence-electron chi connectivity index (χ1n) is 8.62. The van der Waals surface area contributed by atoms with Crippen LogP contribution in [0.25, 0.3) is 0 Å². The molecular formula is C19H30N2O3. The van der Waals surface area contributed by atoms with Crippen molar-refractivity contribution in [3.63, 3.8) is 0 Å². The second-order valence-corrected chi connectivity index (χ2v) is 6.07. The highest BCUT2D eigenvalue weighted by Gasteiger charge is 2.12. The first-order valence-corrected chi connectivity index (χ1v) is 8.62. The van der Waals surface area contributed by atoms with Crippen LogP contribution in [0.2, 0.25) is 0 Å². The van der Waals surface area contributed by atoms with Gasteiger partial charge in [-0.2, -0.15) is 0 Å². The Hall–Kier alpha value is -1.56. The van der Waals surface area contributed by atoms with Gasteiger partial charge in [-0.1, -0.05) is 6.08 Å². The summed E-state index contributed by atoms with van der Waals surface area (Å²) in [7, 11) is 3.84. The van der Waals surface area contributed by atoms with E-state index < -0.39 is 0 Å². The van der Waals surface area contributed by atoms with Gasteiger partial charge in [0.25, 0.3) is 0 Å². The van der Waals surface area contributed by atoms with Gasteiger partial charge in [0, 0.05) is 38.3 Å². The second-order valence-electron chi connectivity index (χ2n) is 6.07. The number of nitrogens with zero attached hydrogens (tertiary/aromatic N) is 2. The van der Waals surface area contributed by atoms with Crippen LogP contribution >= 0.6 is 0 Å². The summed E-state index contributed by atoms with van der Waals surface area (Å²) < 4.78 is 16.8. The number of benzene rings is 1. The van der Waals surface area contributed by atoms with E-state index in [1.165, 1.54) is 0 Å². The number of rotatable bonds is 10. The van der Waals surface area contributed by atoms with Crippen molar-refractivity contribution in [2.24, 2.45) is 0 Å². The van der Waals surface area contributed by atoms with Crippen molar-refractivity contribution in [2.45, 2.75) is 6.42 Å². The van der Waals surface area contributed by atoms with Crippen LogP contribution in [0.5, 0.6) is 11.5 Å². The molecule has 5 heteroatoms. The van der Waals surface area contributed by atoms with Crippen LogP contribution in [-0.4, -0.2) is 76.5 Å². The number of hydrogen-bond donors (Lipinski definition) is 0. The van der Waals surface area contributed by atoms with Crippen molar-refractivity contribution in [1.29, 1.82) is 0 Å². The second kappa shape index (κ2) is 10.3. The molecule has 1 heterocycles. The molecular weight excluding hydrogens is 304 g/mol. The SMILES string of the molecule is C=CCc1cc(OC)ccc1OCCOCCN1CCN(C)CC1. The van der Waals surface area contributed by atoms with Crippen LogP contribution in [-0.2, 0) is 11.2 Å². The minimum absolute atomic E-state index is 0.555. The van der Waals surface area contributed by atoms with Gasteiger partial charge in [-0.25, -0.2) is 0 Å². The van der Waals surface area contributed by atoms with Gasteiger partial charge in [0.05, 0.1) is 20.3 Å². The van der Waals surface area contributed by atoms with Gasteiger partial charge in [0.2, 0.25) is 0 Å². The Balaban J connectivity index is 1.64. The third kappa shape index (κ3) is 6.15. The molecule has 1 aliphatic heterocycles. The minimum Gasteiger partial charge on any atom is -0.497 e. The highest BCUT2D eigenvalue weighted by atomic mass is 16.5. The number of methoxy groups -OCH3 is 1. The van der Waals surface area contributed by atoms with Crippen LogP contribution in [0.3, 0.4) is 0 Å². The largest absolute Gasteiger partial charge is 0.497 e. The predicted molar refractivity (Wildman–Crippen MR) is 97.1 cm³/mol. The molecule has 0 N–H and O–H groups in total. The molecule has 0 bridgehead atoms. The zero-order chi connectivity index (χ0) is 17.2. The molecule has 134 valence electrons. The molecule has 1 aromatic rings. The highest BCUT2D eigenvalue weighted by Crippen LogP contribution is 2.24. The zero-order valence-electron chi connectivity index (χ0n) is 15.0. The first kappa shape index (κ1) is 18.8. The molecule has 24 heavy (non-hydrogen) atoms. The Morgan fingerprint density at radius 3 is 2.62 bits per heavy atom. The Morgan fingerprint density at radius 2 is 1.92 bits per heavy atom. The van der Waals surface area contributed by atoms with Gasteiger partial charge < -0.3 is 19.1 Å². The lowest BCUT2D eigenvalue weighted by Gasteiger charge is -2.32. The lowest BCUT2D eigenvalue weighted by atomic mass is 10.1. The smallest absolute Gasteiger partial charge is 0.123 e. The molecule has 5 nitrogen and oxygen atoms in total. The molecule has 0 radical (unpaired) electrons. The summed E-state index contributed by atoms with van der Waals surface area (Å²) in [4.78, 5) is 4.81. The van der Waals surface area contributed by atoms with Crippen molar-refractivity contribution in [2.75, 3.05) is 66.7 Å². The standard InChI is InChI=1S/C19H30N2O3/c1-4-5-17-16-18(22-3)6-7-19(17)24-15-14-23-13-12-21-10-8-20(2)9-11-21/h4,6-7,16H,1,5,8-15H2,2-3H3. The topological polar surface area (TPSA) is 34.2 Å². The van der Waals surface area contributed by atoms with Gasteiger partial charge in [-0.15, -0.1) is 6.58 Å². The number of piperazine rings is 1. The monoisotopic (exact) mass is 334 g/mol. The number of ether oxygens (including phenoxy) is 3. The molecule has 0 saturated carbocycles. The van der Waals surface area contributed by atoms with Crippen molar-refractivity contribution in [3.8, 4) is 11.5 Å². The summed E-state index contributed by atoms with van der Waals surface area (Å²) in [5.41, 5.74) is 1.08. The average molecular weight is 334 g/mol. The third-order valence-electron chi connectivity index (χ3n) is 4.26. The molecule has 0 unspecified atom stereocenters. The molecule has 0 aliphatic carbocycles. The summed E-state index contributed by atoms with van der Waals surface area (Å²) in [6.07, 6.45) is 2.63. The van der Waals surface area contributed by atoms with Gasteiger partial charge in [-0.3, -0.25) is 4.90 Å². The average Bonchev–Trinajstić information content (AvgIpc) is 2.60. The Bertz CT molecular complexity index is 499. The normalized spacial score (nSPS) is 16.1.